The van der Waals surface area contributed by atoms with Gasteiger partial charge in [0.2, 0.25) is 0 Å². The second-order valence-corrected chi connectivity index (χ2v) is 9.34. The smallest absolute Gasteiger partial charge is 0.189 e. The molecule has 0 bridgehead atoms. The topological polar surface area (TPSA) is 124 Å². The van der Waals surface area contributed by atoms with Crippen molar-refractivity contribution < 1.29 is 0 Å². The van der Waals surface area contributed by atoms with E-state index in [0.717, 1.165) is 42.9 Å². The van der Waals surface area contributed by atoms with Gasteiger partial charge in [-0.05, 0) is 57.0 Å². The highest BCUT2D eigenvalue weighted by atomic mass is 15.4. The first kappa shape index (κ1) is 21.0. The number of nitrogen functional groups attached to an aromatic ring is 1. The van der Waals surface area contributed by atoms with Crippen LogP contribution in [0.15, 0.2) is 36.8 Å². The maximum atomic E-state index is 6.30. The highest BCUT2D eigenvalue weighted by molar-refractivity contribution is 5.76. The predicted molar refractivity (Wildman–Crippen MR) is 131 cm³/mol. The molecular weight excluding hydrogens is 428 g/mol. The Morgan fingerprint density at radius 1 is 0.971 bits per heavy atom. The van der Waals surface area contributed by atoms with Gasteiger partial charge in [0.25, 0.3) is 0 Å². The van der Waals surface area contributed by atoms with Crippen LogP contribution in [0.4, 0.5) is 11.6 Å². The van der Waals surface area contributed by atoms with E-state index in [9.17, 15) is 0 Å². The highest BCUT2D eigenvalue weighted by Crippen LogP contribution is 2.30. The molecule has 10 heteroatoms. The Morgan fingerprint density at radius 2 is 1.82 bits per heavy atom. The number of aromatic nitrogens is 7. The van der Waals surface area contributed by atoms with Crippen molar-refractivity contribution in [1.82, 2.24) is 39.9 Å². The number of nitrogens with two attached hydrogens (primary N) is 1. The quantitative estimate of drug-likeness (QED) is 0.416. The van der Waals surface area contributed by atoms with Crippen LogP contribution in [0.25, 0.3) is 28.2 Å². The number of rotatable bonds is 5. The largest absolute Gasteiger partial charge is 0.383 e. The van der Waals surface area contributed by atoms with E-state index in [2.05, 4.69) is 41.8 Å². The minimum absolute atomic E-state index is 0.399. The maximum Gasteiger partial charge on any atom is 0.189 e. The van der Waals surface area contributed by atoms with Gasteiger partial charge in [0.15, 0.2) is 11.5 Å². The zero-order valence-corrected chi connectivity index (χ0v) is 19.2. The van der Waals surface area contributed by atoms with Gasteiger partial charge in [0.1, 0.15) is 11.6 Å². The summed E-state index contributed by atoms with van der Waals surface area (Å²) >= 11 is 0. The van der Waals surface area contributed by atoms with Crippen molar-refractivity contribution in [3.63, 3.8) is 0 Å². The number of nitrogens with one attached hydrogen (secondary N) is 2. The first-order chi connectivity index (χ1) is 16.7. The summed E-state index contributed by atoms with van der Waals surface area (Å²) in [6, 6.07) is 6.80. The van der Waals surface area contributed by atoms with Crippen molar-refractivity contribution in [2.75, 3.05) is 24.1 Å². The molecule has 0 radical (unpaired) electrons. The van der Waals surface area contributed by atoms with Crippen LogP contribution in [-0.2, 0) is 0 Å². The van der Waals surface area contributed by atoms with Crippen LogP contribution in [0.2, 0.25) is 0 Å². The van der Waals surface area contributed by atoms with Gasteiger partial charge < -0.3 is 16.4 Å². The Kier molecular flexibility index (Phi) is 5.58. The van der Waals surface area contributed by atoms with Gasteiger partial charge >= 0.3 is 0 Å². The molecule has 5 heterocycles. The minimum Gasteiger partial charge on any atom is -0.383 e. The Balaban J connectivity index is 1.31. The summed E-state index contributed by atoms with van der Waals surface area (Å²) in [4.78, 5) is 4.46. The molecule has 2 aliphatic rings. The molecule has 4 aromatic heterocycles. The summed E-state index contributed by atoms with van der Waals surface area (Å²) in [5.41, 5.74) is 9.63. The van der Waals surface area contributed by atoms with Gasteiger partial charge in [0, 0.05) is 29.6 Å². The third-order valence-electron chi connectivity index (χ3n) is 7.00. The maximum absolute atomic E-state index is 6.30. The fourth-order valence-corrected chi connectivity index (χ4v) is 5.06. The summed E-state index contributed by atoms with van der Waals surface area (Å²) < 4.78 is 3.82. The van der Waals surface area contributed by atoms with Crippen LogP contribution in [0, 0.1) is 0 Å². The van der Waals surface area contributed by atoms with Crippen LogP contribution in [0.3, 0.4) is 0 Å². The third kappa shape index (κ3) is 4.09. The molecule has 0 amide bonds. The fraction of sp³-hybridized carbons (Fsp3) is 0.458. The molecule has 1 aliphatic heterocycles. The van der Waals surface area contributed by atoms with Crippen molar-refractivity contribution in [1.29, 1.82) is 0 Å². The second kappa shape index (κ2) is 9.02. The van der Waals surface area contributed by atoms with E-state index in [-0.39, 0.29) is 0 Å². The lowest BCUT2D eigenvalue weighted by molar-refractivity contribution is 0.343. The predicted octanol–water partition coefficient (Wildman–Crippen LogP) is 3.30. The lowest BCUT2D eigenvalue weighted by Gasteiger charge is -2.23. The number of anilines is 2. The monoisotopic (exact) mass is 458 g/mol. The molecule has 0 unspecified atom stereocenters. The van der Waals surface area contributed by atoms with Crippen molar-refractivity contribution in [2.45, 2.75) is 57.0 Å². The molecule has 6 rings (SSSR count). The number of nitrogens with zero attached hydrogens (tertiary/aromatic N) is 7. The van der Waals surface area contributed by atoms with E-state index in [1.54, 1.807) is 10.7 Å². The summed E-state index contributed by atoms with van der Waals surface area (Å²) in [5.74, 6) is 1.81. The molecule has 0 spiro atoms. The van der Waals surface area contributed by atoms with E-state index in [4.69, 9.17) is 10.8 Å². The Labute approximate surface area is 198 Å². The van der Waals surface area contributed by atoms with Crippen LogP contribution in [0.5, 0.6) is 0 Å². The second-order valence-electron chi connectivity index (χ2n) is 9.34. The zero-order valence-electron chi connectivity index (χ0n) is 19.2. The molecule has 4 aromatic rings. The molecule has 0 atom stereocenters. The highest BCUT2D eigenvalue weighted by Gasteiger charge is 2.19. The molecule has 0 aromatic carbocycles. The van der Waals surface area contributed by atoms with Crippen molar-refractivity contribution in [3.8, 4) is 22.5 Å². The van der Waals surface area contributed by atoms with Gasteiger partial charge in [-0.3, -0.25) is 4.68 Å². The first-order valence-corrected chi connectivity index (χ1v) is 12.2. The van der Waals surface area contributed by atoms with Gasteiger partial charge in [-0.25, -0.2) is 4.98 Å². The number of hydrogen-bond acceptors (Lipinski definition) is 8. The standard InChI is InChI=1S/C24H30N10/c25-23-20(12-16(13-27-23)17-14-28-33(15-17)19-8-10-26-11-9-19)24-31-30-22-7-6-21(32-34(22)24)29-18-4-2-1-3-5-18/h6-7,12-15,18-19,26H,1-5,8-11H2,(H2,25,27)(H,29,32). The van der Waals surface area contributed by atoms with Gasteiger partial charge in [-0.15, -0.1) is 15.3 Å². The molecule has 10 nitrogen and oxygen atoms in total. The van der Waals surface area contributed by atoms with Crippen LogP contribution >= 0.6 is 0 Å². The number of piperidine rings is 1. The molecule has 1 aliphatic carbocycles. The molecule has 1 saturated carbocycles. The Morgan fingerprint density at radius 3 is 2.68 bits per heavy atom. The molecule has 34 heavy (non-hydrogen) atoms. The lowest BCUT2D eigenvalue weighted by atomic mass is 9.95. The van der Waals surface area contributed by atoms with E-state index in [0.29, 0.717) is 34.9 Å². The Hall–Kier alpha value is -3.53. The molecule has 4 N–H and O–H groups in total. The SMILES string of the molecule is Nc1ncc(-c2cnn(C3CCNCC3)c2)cc1-c1nnc2ccc(NC3CCCCC3)nn12. The van der Waals surface area contributed by atoms with Crippen LogP contribution in [-0.4, -0.2) is 53.7 Å². The lowest BCUT2D eigenvalue weighted by Crippen LogP contribution is -2.29. The van der Waals surface area contributed by atoms with Crippen molar-refractivity contribution in [2.24, 2.45) is 0 Å². The van der Waals surface area contributed by atoms with Gasteiger partial charge in [0.05, 0.1) is 17.8 Å². The number of hydrogen-bond donors (Lipinski definition) is 3. The van der Waals surface area contributed by atoms with Gasteiger partial charge in [-0.2, -0.15) is 9.61 Å². The van der Waals surface area contributed by atoms with E-state index in [1.807, 2.05) is 24.4 Å². The summed E-state index contributed by atoms with van der Waals surface area (Å²) in [6.07, 6.45) is 14.2. The van der Waals surface area contributed by atoms with E-state index in [1.165, 1.54) is 32.1 Å². The summed E-state index contributed by atoms with van der Waals surface area (Å²) in [7, 11) is 0. The number of fused-ring (bicyclic) bond motifs is 1. The number of pyridine rings is 1. The van der Waals surface area contributed by atoms with Crippen LogP contribution < -0.4 is 16.4 Å². The third-order valence-corrected chi connectivity index (χ3v) is 7.00. The zero-order chi connectivity index (χ0) is 22.9. The normalized spacial score (nSPS) is 17.9. The average molecular weight is 459 g/mol. The first-order valence-electron chi connectivity index (χ1n) is 12.2. The molecular formula is C24H30N10. The van der Waals surface area contributed by atoms with Crippen LogP contribution in [0.1, 0.15) is 51.0 Å². The van der Waals surface area contributed by atoms with Gasteiger partial charge in [-0.1, -0.05) is 19.3 Å². The molecule has 2 fully saturated rings. The van der Waals surface area contributed by atoms with E-state index < -0.39 is 0 Å². The summed E-state index contributed by atoms with van der Waals surface area (Å²) in [6.45, 7) is 2.05. The fourth-order valence-electron chi connectivity index (χ4n) is 5.06. The Bertz CT molecular complexity index is 1280. The molecule has 176 valence electrons. The van der Waals surface area contributed by atoms with E-state index >= 15 is 0 Å². The minimum atomic E-state index is 0.399. The summed E-state index contributed by atoms with van der Waals surface area (Å²) in [5, 5.41) is 25.1. The molecule has 1 saturated heterocycles. The average Bonchev–Trinajstić information content (AvgIpc) is 3.53. The van der Waals surface area contributed by atoms with Crippen molar-refractivity contribution >= 4 is 17.3 Å². The van der Waals surface area contributed by atoms with Crippen molar-refractivity contribution in [3.05, 3.63) is 36.8 Å².